The molecule has 19 heavy (non-hydrogen) atoms. The van der Waals surface area contributed by atoms with Crippen LogP contribution in [0.3, 0.4) is 0 Å². The van der Waals surface area contributed by atoms with E-state index in [9.17, 15) is 9.59 Å². The Morgan fingerprint density at radius 1 is 0.842 bits per heavy atom. The Kier molecular flexibility index (Phi) is 4.08. The normalized spacial score (nSPS) is 10.2. The third-order valence-corrected chi connectivity index (χ3v) is 2.75. The summed E-state index contributed by atoms with van der Waals surface area (Å²) in [5, 5.41) is 0. The number of ether oxygens (including phenoxy) is 1. The van der Waals surface area contributed by atoms with Crippen LogP contribution in [-0.4, -0.2) is 11.9 Å². The van der Waals surface area contributed by atoms with Crippen LogP contribution in [0.4, 0.5) is 0 Å². The lowest BCUT2D eigenvalue weighted by molar-refractivity contribution is -0.158. The maximum absolute atomic E-state index is 12.1. The summed E-state index contributed by atoms with van der Waals surface area (Å²) in [6, 6.07) is 18.6. The van der Waals surface area contributed by atoms with Crippen molar-refractivity contribution in [2.45, 2.75) is 12.8 Å². The van der Waals surface area contributed by atoms with Crippen molar-refractivity contribution in [2.75, 3.05) is 0 Å². The van der Waals surface area contributed by atoms with Crippen molar-refractivity contribution in [3.8, 4) is 0 Å². The van der Waals surface area contributed by atoms with E-state index in [1.54, 1.807) is 0 Å². The molecular weight excluding hydrogens is 240 g/mol. The highest BCUT2D eigenvalue weighted by molar-refractivity contribution is 5.90. The molecule has 3 nitrogen and oxygen atoms in total. The molecule has 0 amide bonds. The maximum Gasteiger partial charge on any atom is 0.325 e. The molecule has 0 N–H and O–H groups in total. The van der Waals surface area contributed by atoms with Gasteiger partial charge in [0, 0.05) is 6.92 Å². The molecule has 0 saturated carbocycles. The number of carbonyl (C=O) groups excluding carboxylic acids is 2. The minimum atomic E-state index is -0.595. The van der Waals surface area contributed by atoms with Crippen molar-refractivity contribution in [1.29, 1.82) is 0 Å². The average Bonchev–Trinajstić information content (AvgIpc) is 2.40. The molecule has 0 saturated heterocycles. The van der Waals surface area contributed by atoms with Crippen LogP contribution in [0.1, 0.15) is 24.0 Å². The summed E-state index contributed by atoms with van der Waals surface area (Å²) >= 11 is 0. The minimum Gasteiger partial charge on any atom is -0.393 e. The summed E-state index contributed by atoms with van der Waals surface area (Å²) in [5.41, 5.74) is 1.61. The summed E-state index contributed by atoms with van der Waals surface area (Å²) in [6.07, 6.45) is 0. The maximum atomic E-state index is 12.1. The number of benzene rings is 2. The molecule has 0 bridgehead atoms. The van der Waals surface area contributed by atoms with Crippen molar-refractivity contribution in [1.82, 2.24) is 0 Å². The lowest BCUT2D eigenvalue weighted by atomic mass is 9.91. The van der Waals surface area contributed by atoms with Crippen LogP contribution in [0.25, 0.3) is 0 Å². The van der Waals surface area contributed by atoms with Gasteiger partial charge in [0.25, 0.3) is 0 Å². The summed E-state index contributed by atoms with van der Waals surface area (Å²) in [7, 11) is 0. The SMILES string of the molecule is CC(=O)OC(=O)C(c1ccccc1)c1ccccc1. The molecule has 0 heterocycles. The molecule has 96 valence electrons. The molecule has 0 aliphatic rings. The first-order valence-corrected chi connectivity index (χ1v) is 6.00. The van der Waals surface area contributed by atoms with Crippen LogP contribution in [-0.2, 0) is 14.3 Å². The molecule has 0 spiro atoms. The second-order valence-corrected chi connectivity index (χ2v) is 4.17. The van der Waals surface area contributed by atoms with E-state index >= 15 is 0 Å². The molecule has 0 aliphatic carbocycles. The predicted octanol–water partition coefficient (Wildman–Crippen LogP) is 2.91. The third-order valence-electron chi connectivity index (χ3n) is 2.75. The number of hydrogen-bond acceptors (Lipinski definition) is 3. The molecule has 0 fully saturated rings. The Hall–Kier alpha value is -2.42. The van der Waals surface area contributed by atoms with E-state index < -0.39 is 17.9 Å². The van der Waals surface area contributed by atoms with Gasteiger partial charge >= 0.3 is 11.9 Å². The van der Waals surface area contributed by atoms with Crippen LogP contribution >= 0.6 is 0 Å². The average molecular weight is 254 g/mol. The van der Waals surface area contributed by atoms with Gasteiger partial charge in [-0.1, -0.05) is 60.7 Å². The molecule has 0 aliphatic heterocycles. The van der Waals surface area contributed by atoms with Gasteiger partial charge in [0.15, 0.2) is 0 Å². The first-order chi connectivity index (χ1) is 9.18. The van der Waals surface area contributed by atoms with Crippen LogP contribution in [0.15, 0.2) is 60.7 Å². The minimum absolute atomic E-state index is 0.551. The van der Waals surface area contributed by atoms with E-state index in [0.717, 1.165) is 11.1 Å². The molecular formula is C16H14O3. The zero-order valence-electron chi connectivity index (χ0n) is 10.6. The Balaban J connectivity index is 2.40. The third kappa shape index (κ3) is 3.28. The summed E-state index contributed by atoms with van der Waals surface area (Å²) in [4.78, 5) is 23.1. The Morgan fingerprint density at radius 3 is 1.63 bits per heavy atom. The number of esters is 2. The molecule has 0 unspecified atom stereocenters. The van der Waals surface area contributed by atoms with Gasteiger partial charge in [-0.05, 0) is 11.1 Å². The monoisotopic (exact) mass is 254 g/mol. The lowest BCUT2D eigenvalue weighted by Gasteiger charge is -2.15. The second kappa shape index (κ2) is 5.96. The van der Waals surface area contributed by atoms with E-state index in [2.05, 4.69) is 0 Å². The topological polar surface area (TPSA) is 43.4 Å². The van der Waals surface area contributed by atoms with Crippen LogP contribution in [0, 0.1) is 0 Å². The Bertz CT molecular complexity index is 522. The van der Waals surface area contributed by atoms with Crippen LogP contribution in [0.2, 0.25) is 0 Å². The number of carbonyl (C=O) groups is 2. The summed E-state index contributed by atoms with van der Waals surface area (Å²) in [6.45, 7) is 1.23. The fourth-order valence-electron chi connectivity index (χ4n) is 1.96. The summed E-state index contributed by atoms with van der Waals surface area (Å²) in [5.74, 6) is -1.72. The van der Waals surface area contributed by atoms with Gasteiger partial charge < -0.3 is 4.74 Å². The highest BCUT2D eigenvalue weighted by Crippen LogP contribution is 2.25. The van der Waals surface area contributed by atoms with Crippen molar-refractivity contribution in [3.05, 3.63) is 71.8 Å². The molecule has 2 rings (SSSR count). The largest absolute Gasteiger partial charge is 0.393 e. The van der Waals surface area contributed by atoms with Gasteiger partial charge in [-0.25, -0.2) is 0 Å². The van der Waals surface area contributed by atoms with Gasteiger partial charge in [-0.2, -0.15) is 0 Å². The van der Waals surface area contributed by atoms with Crippen molar-refractivity contribution in [2.24, 2.45) is 0 Å². The first kappa shape index (κ1) is 13.0. The zero-order valence-corrected chi connectivity index (χ0v) is 10.6. The second-order valence-electron chi connectivity index (χ2n) is 4.17. The van der Waals surface area contributed by atoms with Crippen LogP contribution < -0.4 is 0 Å². The van der Waals surface area contributed by atoms with Gasteiger partial charge in [-0.3, -0.25) is 9.59 Å². The van der Waals surface area contributed by atoms with Gasteiger partial charge in [0.1, 0.15) is 5.92 Å². The fraction of sp³-hybridized carbons (Fsp3) is 0.125. The van der Waals surface area contributed by atoms with Gasteiger partial charge in [0.05, 0.1) is 0 Å². The van der Waals surface area contributed by atoms with Crippen LogP contribution in [0.5, 0.6) is 0 Å². The van der Waals surface area contributed by atoms with Gasteiger partial charge in [0.2, 0.25) is 0 Å². The van der Waals surface area contributed by atoms with E-state index in [1.165, 1.54) is 6.92 Å². The Morgan fingerprint density at radius 2 is 1.26 bits per heavy atom. The smallest absolute Gasteiger partial charge is 0.325 e. The molecule has 0 radical (unpaired) electrons. The summed E-state index contributed by atoms with van der Waals surface area (Å²) < 4.78 is 4.74. The van der Waals surface area contributed by atoms with E-state index in [0.29, 0.717) is 0 Å². The molecule has 3 heteroatoms. The fourth-order valence-corrected chi connectivity index (χ4v) is 1.96. The standard InChI is InChI=1S/C16H14O3/c1-12(17)19-16(18)15(13-8-4-2-5-9-13)14-10-6-3-7-11-14/h2-11,15H,1H3. The van der Waals surface area contributed by atoms with Crippen molar-refractivity contribution < 1.29 is 14.3 Å². The zero-order chi connectivity index (χ0) is 13.7. The van der Waals surface area contributed by atoms with Crippen molar-refractivity contribution in [3.63, 3.8) is 0 Å². The lowest BCUT2D eigenvalue weighted by Crippen LogP contribution is -2.19. The first-order valence-electron chi connectivity index (χ1n) is 6.00. The molecule has 2 aromatic rings. The van der Waals surface area contributed by atoms with E-state index in [-0.39, 0.29) is 0 Å². The molecule has 0 atom stereocenters. The highest BCUT2D eigenvalue weighted by Gasteiger charge is 2.25. The van der Waals surface area contributed by atoms with E-state index in [1.807, 2.05) is 60.7 Å². The number of rotatable bonds is 3. The number of hydrogen-bond donors (Lipinski definition) is 0. The Labute approximate surface area is 111 Å². The predicted molar refractivity (Wildman–Crippen MR) is 71.5 cm³/mol. The highest BCUT2D eigenvalue weighted by atomic mass is 16.6. The molecule has 0 aromatic heterocycles. The van der Waals surface area contributed by atoms with E-state index in [4.69, 9.17) is 4.74 Å². The van der Waals surface area contributed by atoms with Gasteiger partial charge in [-0.15, -0.1) is 0 Å². The molecule has 2 aromatic carbocycles. The van der Waals surface area contributed by atoms with Crippen molar-refractivity contribution >= 4 is 11.9 Å². The quantitative estimate of drug-likeness (QED) is 0.625.